The first kappa shape index (κ1) is 19.3. The topological polar surface area (TPSA) is 41.6 Å². The molecule has 1 N–H and O–H groups in total. The highest BCUT2D eigenvalue weighted by Gasteiger charge is 2.20. The summed E-state index contributed by atoms with van der Waals surface area (Å²) in [5.41, 5.74) is 2.83. The van der Waals surface area contributed by atoms with Crippen LogP contribution in [0.3, 0.4) is 0 Å². The van der Waals surface area contributed by atoms with Crippen LogP contribution in [0.5, 0.6) is 5.75 Å². The highest BCUT2D eigenvalue weighted by molar-refractivity contribution is 9.10. The monoisotopic (exact) mass is 404 g/mol. The zero-order valence-corrected chi connectivity index (χ0v) is 17.0. The molecule has 0 aromatic heterocycles. The Hall–Kier alpha value is -2.01. The Kier molecular flexibility index (Phi) is 6.11. The van der Waals surface area contributed by atoms with Gasteiger partial charge in [0.05, 0.1) is 0 Å². The molecular weight excluding hydrogens is 380 g/mol. The number of amides is 1. The number of carbonyl (C=O) groups is 1. The van der Waals surface area contributed by atoms with Gasteiger partial charge in [-0.3, -0.25) is 4.79 Å². The lowest BCUT2D eigenvalue weighted by Gasteiger charge is -2.23. The quantitative estimate of drug-likeness (QED) is 0.775. The molecule has 2 aromatic rings. The molecule has 134 valence electrons. The Morgan fingerprint density at radius 1 is 1.12 bits per heavy atom. The van der Waals surface area contributed by atoms with Gasteiger partial charge in [-0.25, -0.2) is 0 Å². The lowest BCUT2D eigenvalue weighted by Crippen LogP contribution is -2.22. The van der Waals surface area contributed by atoms with Gasteiger partial charge in [0.15, 0.2) is 6.61 Å². The second-order valence-corrected chi connectivity index (χ2v) is 8.08. The number of rotatable bonds is 5. The van der Waals surface area contributed by atoms with Crippen LogP contribution < -0.4 is 15.0 Å². The maximum Gasteiger partial charge on any atom is 0.262 e. The predicted molar refractivity (Wildman–Crippen MR) is 108 cm³/mol. The van der Waals surface area contributed by atoms with Crippen LogP contribution in [0.4, 0.5) is 11.4 Å². The summed E-state index contributed by atoms with van der Waals surface area (Å²) in [6, 6.07) is 13.5. The van der Waals surface area contributed by atoms with Crippen molar-refractivity contribution in [3.63, 3.8) is 0 Å². The second kappa shape index (κ2) is 7.91. The van der Waals surface area contributed by atoms with Crippen LogP contribution in [0.1, 0.15) is 26.3 Å². The van der Waals surface area contributed by atoms with E-state index in [1.807, 2.05) is 61.5 Å². The molecular formula is C20H25BrN2O2. The number of halogens is 1. The third-order valence-corrected chi connectivity index (χ3v) is 4.27. The first-order valence-corrected chi connectivity index (χ1v) is 8.96. The molecule has 0 heterocycles. The van der Waals surface area contributed by atoms with Crippen LogP contribution in [0.2, 0.25) is 0 Å². The fourth-order valence-corrected chi connectivity index (χ4v) is 2.76. The predicted octanol–water partition coefficient (Wildman–Crippen LogP) is 4.83. The number of hydrogen-bond acceptors (Lipinski definition) is 3. The van der Waals surface area contributed by atoms with Gasteiger partial charge in [0.2, 0.25) is 0 Å². The van der Waals surface area contributed by atoms with Crippen molar-refractivity contribution < 1.29 is 9.53 Å². The van der Waals surface area contributed by atoms with E-state index in [9.17, 15) is 4.79 Å². The van der Waals surface area contributed by atoms with Crippen molar-refractivity contribution in [2.24, 2.45) is 0 Å². The maximum atomic E-state index is 12.2. The molecule has 0 aliphatic rings. The van der Waals surface area contributed by atoms with E-state index in [0.717, 1.165) is 27.2 Å². The summed E-state index contributed by atoms with van der Waals surface area (Å²) in [6.45, 7) is 6.33. The van der Waals surface area contributed by atoms with Gasteiger partial charge < -0.3 is 15.0 Å². The van der Waals surface area contributed by atoms with Gasteiger partial charge in [-0.15, -0.1) is 0 Å². The van der Waals surface area contributed by atoms with Crippen LogP contribution in [0.15, 0.2) is 46.9 Å². The minimum Gasteiger partial charge on any atom is -0.483 e. The highest BCUT2D eigenvalue weighted by Crippen LogP contribution is 2.33. The molecule has 0 bridgehead atoms. The van der Waals surface area contributed by atoms with E-state index in [0.29, 0.717) is 0 Å². The lowest BCUT2D eigenvalue weighted by molar-refractivity contribution is -0.118. The molecule has 0 atom stereocenters. The van der Waals surface area contributed by atoms with Gasteiger partial charge >= 0.3 is 0 Å². The van der Waals surface area contributed by atoms with Gasteiger partial charge in [-0.05, 0) is 47.9 Å². The van der Waals surface area contributed by atoms with Crippen LogP contribution in [0, 0.1) is 0 Å². The first-order chi connectivity index (χ1) is 11.7. The number of carbonyl (C=O) groups excluding carboxylic acids is 1. The number of benzene rings is 2. The number of ether oxygens (including phenoxy) is 1. The maximum absolute atomic E-state index is 12.2. The van der Waals surface area contributed by atoms with Crippen LogP contribution in [-0.4, -0.2) is 26.6 Å². The Labute approximate surface area is 158 Å². The molecule has 0 saturated heterocycles. The van der Waals surface area contributed by atoms with E-state index in [1.54, 1.807) is 0 Å². The Bertz CT molecular complexity index is 734. The SMILES string of the molecule is CN(C)c1ccc(NC(=O)COc2ccc(Br)cc2C(C)(C)C)cc1. The summed E-state index contributed by atoms with van der Waals surface area (Å²) in [5, 5.41) is 2.86. The van der Waals surface area contributed by atoms with Gasteiger partial charge in [0.25, 0.3) is 5.91 Å². The summed E-state index contributed by atoms with van der Waals surface area (Å²) in [4.78, 5) is 14.2. The molecule has 5 heteroatoms. The number of anilines is 2. The first-order valence-electron chi connectivity index (χ1n) is 8.17. The summed E-state index contributed by atoms with van der Waals surface area (Å²) in [6.07, 6.45) is 0. The molecule has 2 aromatic carbocycles. The number of nitrogens with one attached hydrogen (secondary N) is 1. The third kappa shape index (κ3) is 5.49. The van der Waals surface area contributed by atoms with E-state index < -0.39 is 0 Å². The zero-order valence-electron chi connectivity index (χ0n) is 15.4. The molecule has 2 rings (SSSR count). The largest absolute Gasteiger partial charge is 0.483 e. The van der Waals surface area contributed by atoms with Crippen molar-refractivity contribution in [2.75, 3.05) is 30.9 Å². The normalized spacial score (nSPS) is 11.1. The zero-order chi connectivity index (χ0) is 18.6. The van der Waals surface area contributed by atoms with Gasteiger partial charge in [0.1, 0.15) is 5.75 Å². The van der Waals surface area contributed by atoms with Gasteiger partial charge in [-0.1, -0.05) is 36.7 Å². The second-order valence-electron chi connectivity index (χ2n) is 7.17. The fraction of sp³-hybridized carbons (Fsp3) is 0.350. The van der Waals surface area contributed by atoms with E-state index in [1.165, 1.54) is 0 Å². The van der Waals surface area contributed by atoms with Crippen molar-refractivity contribution >= 4 is 33.2 Å². The van der Waals surface area contributed by atoms with Crippen molar-refractivity contribution in [1.82, 2.24) is 0 Å². The molecule has 0 aliphatic heterocycles. The van der Waals surface area contributed by atoms with Crippen molar-refractivity contribution in [3.05, 3.63) is 52.5 Å². The smallest absolute Gasteiger partial charge is 0.262 e. The molecule has 0 aliphatic carbocycles. The number of nitrogens with zero attached hydrogens (tertiary/aromatic N) is 1. The van der Waals surface area contributed by atoms with Gasteiger partial charge in [0, 0.05) is 35.5 Å². The summed E-state index contributed by atoms with van der Waals surface area (Å²) in [7, 11) is 3.96. The minimum atomic E-state index is -0.180. The Morgan fingerprint density at radius 2 is 1.76 bits per heavy atom. The molecule has 0 fully saturated rings. The Balaban J connectivity index is 2.01. The number of hydrogen-bond donors (Lipinski definition) is 1. The van der Waals surface area contributed by atoms with E-state index >= 15 is 0 Å². The standard InChI is InChI=1S/C20H25BrN2O2/c1-20(2,3)17-12-14(21)6-11-18(17)25-13-19(24)22-15-7-9-16(10-8-15)23(4)5/h6-12H,13H2,1-5H3,(H,22,24). The van der Waals surface area contributed by atoms with E-state index in [-0.39, 0.29) is 17.9 Å². The summed E-state index contributed by atoms with van der Waals surface area (Å²) < 4.78 is 6.77. The van der Waals surface area contributed by atoms with Crippen molar-refractivity contribution in [2.45, 2.75) is 26.2 Å². The average molecular weight is 405 g/mol. The highest BCUT2D eigenvalue weighted by atomic mass is 79.9. The van der Waals surface area contributed by atoms with Crippen molar-refractivity contribution in [1.29, 1.82) is 0 Å². The molecule has 0 saturated carbocycles. The van der Waals surface area contributed by atoms with Gasteiger partial charge in [-0.2, -0.15) is 0 Å². The minimum absolute atomic E-state index is 0.0276. The molecule has 0 radical (unpaired) electrons. The molecule has 0 spiro atoms. The van der Waals surface area contributed by atoms with E-state index in [2.05, 4.69) is 42.0 Å². The fourth-order valence-electron chi connectivity index (χ4n) is 2.40. The van der Waals surface area contributed by atoms with Crippen molar-refractivity contribution in [3.8, 4) is 5.75 Å². The molecule has 4 nitrogen and oxygen atoms in total. The molecule has 25 heavy (non-hydrogen) atoms. The Morgan fingerprint density at radius 3 is 2.32 bits per heavy atom. The van der Waals surface area contributed by atoms with E-state index in [4.69, 9.17) is 4.74 Å². The lowest BCUT2D eigenvalue weighted by atomic mass is 9.86. The third-order valence-electron chi connectivity index (χ3n) is 3.78. The van der Waals surface area contributed by atoms with Crippen LogP contribution >= 0.6 is 15.9 Å². The van der Waals surface area contributed by atoms with Crippen LogP contribution in [-0.2, 0) is 10.2 Å². The molecule has 0 unspecified atom stereocenters. The molecule has 1 amide bonds. The van der Waals surface area contributed by atoms with Crippen LogP contribution in [0.25, 0.3) is 0 Å². The summed E-state index contributed by atoms with van der Waals surface area (Å²) >= 11 is 3.49. The average Bonchev–Trinajstić information content (AvgIpc) is 2.53. The summed E-state index contributed by atoms with van der Waals surface area (Å²) in [5.74, 6) is 0.550.